The van der Waals surface area contributed by atoms with Gasteiger partial charge in [-0.2, -0.15) is 0 Å². The first-order valence-electron chi connectivity index (χ1n) is 7.76. The first kappa shape index (κ1) is 17.6. The predicted octanol–water partition coefficient (Wildman–Crippen LogP) is 3.81. The molecule has 122 valence electrons. The van der Waals surface area contributed by atoms with Crippen molar-refractivity contribution in [1.82, 2.24) is 10.0 Å². The van der Waals surface area contributed by atoms with Gasteiger partial charge in [-0.3, -0.25) is 9.80 Å². The highest BCUT2D eigenvalue weighted by atomic mass is 32.2. The first-order valence-corrected chi connectivity index (χ1v) is 8.81. The van der Waals surface area contributed by atoms with Crippen LogP contribution in [0.4, 0.5) is 0 Å². The summed E-state index contributed by atoms with van der Waals surface area (Å²) in [6.45, 7) is 2.58. The number of nitrogens with zero attached hydrogens (tertiary/aromatic N) is 2. The molecule has 0 N–H and O–H groups in total. The average molecular weight is 328 g/mol. The second kappa shape index (κ2) is 8.75. The summed E-state index contributed by atoms with van der Waals surface area (Å²) in [4.78, 5) is 12.8. The molecule has 1 amide bonds. The second-order valence-corrected chi connectivity index (χ2v) is 7.00. The van der Waals surface area contributed by atoms with E-state index in [1.54, 1.807) is 16.8 Å². The van der Waals surface area contributed by atoms with Crippen LogP contribution >= 0.6 is 11.8 Å². The number of carbonyl (C=O) groups is 1. The highest BCUT2D eigenvalue weighted by Gasteiger charge is 2.22. The standard InChI is InChI=1S/C19H24N2OS/c1-16(23-15-18-12-8-5-9-13-18)19(22)21(20(2)3)14-17-10-6-4-7-11-17/h4-13,16H,14-15H2,1-3H3. The molecule has 0 radical (unpaired) electrons. The fourth-order valence-corrected chi connectivity index (χ4v) is 3.15. The van der Waals surface area contributed by atoms with Crippen LogP contribution in [-0.4, -0.2) is 35.3 Å². The molecule has 0 bridgehead atoms. The summed E-state index contributed by atoms with van der Waals surface area (Å²) in [6, 6.07) is 20.4. The van der Waals surface area contributed by atoms with Gasteiger partial charge in [-0.15, -0.1) is 11.8 Å². The van der Waals surface area contributed by atoms with Crippen LogP contribution in [0.25, 0.3) is 0 Å². The Labute approximate surface area is 143 Å². The van der Waals surface area contributed by atoms with E-state index in [-0.39, 0.29) is 11.2 Å². The number of hydrogen-bond acceptors (Lipinski definition) is 3. The normalized spacial score (nSPS) is 12.2. The summed E-state index contributed by atoms with van der Waals surface area (Å²) in [6.07, 6.45) is 0. The second-order valence-electron chi connectivity index (χ2n) is 5.67. The van der Waals surface area contributed by atoms with E-state index in [2.05, 4.69) is 12.1 Å². The SMILES string of the molecule is CC(SCc1ccccc1)C(=O)N(Cc1ccccc1)N(C)C. The topological polar surface area (TPSA) is 23.6 Å². The molecule has 0 aromatic heterocycles. The zero-order chi connectivity index (χ0) is 16.7. The quantitative estimate of drug-likeness (QED) is 0.722. The highest BCUT2D eigenvalue weighted by Crippen LogP contribution is 2.20. The molecular weight excluding hydrogens is 304 g/mol. The molecule has 2 aromatic rings. The lowest BCUT2D eigenvalue weighted by atomic mass is 10.2. The molecule has 0 saturated carbocycles. The minimum atomic E-state index is -0.0821. The Balaban J connectivity index is 1.96. The zero-order valence-electron chi connectivity index (χ0n) is 14.0. The lowest BCUT2D eigenvalue weighted by Crippen LogP contribution is -2.44. The number of hydrazine groups is 1. The van der Waals surface area contributed by atoms with Gasteiger partial charge in [-0.25, -0.2) is 5.01 Å². The van der Waals surface area contributed by atoms with Gasteiger partial charge in [-0.1, -0.05) is 60.7 Å². The van der Waals surface area contributed by atoms with Crippen molar-refractivity contribution in [2.24, 2.45) is 0 Å². The van der Waals surface area contributed by atoms with E-state index >= 15 is 0 Å². The maximum absolute atomic E-state index is 12.8. The number of benzene rings is 2. The molecule has 3 nitrogen and oxygen atoms in total. The molecule has 0 fully saturated rings. The van der Waals surface area contributed by atoms with Crippen molar-refractivity contribution in [3.05, 3.63) is 71.8 Å². The van der Waals surface area contributed by atoms with E-state index in [9.17, 15) is 4.79 Å². The van der Waals surface area contributed by atoms with Crippen molar-refractivity contribution in [3.63, 3.8) is 0 Å². The fraction of sp³-hybridized carbons (Fsp3) is 0.316. The molecule has 1 atom stereocenters. The van der Waals surface area contributed by atoms with Crippen molar-refractivity contribution in [1.29, 1.82) is 0 Å². The predicted molar refractivity (Wildman–Crippen MR) is 97.9 cm³/mol. The summed E-state index contributed by atoms with van der Waals surface area (Å²) in [5.41, 5.74) is 2.38. The van der Waals surface area contributed by atoms with Crippen LogP contribution in [0.3, 0.4) is 0 Å². The lowest BCUT2D eigenvalue weighted by Gasteiger charge is -2.31. The van der Waals surface area contributed by atoms with Crippen molar-refractivity contribution in [2.45, 2.75) is 24.5 Å². The third kappa shape index (κ3) is 5.41. The molecule has 0 saturated heterocycles. The van der Waals surface area contributed by atoms with Crippen LogP contribution in [0.2, 0.25) is 0 Å². The van der Waals surface area contributed by atoms with Gasteiger partial charge in [0, 0.05) is 19.8 Å². The Morgan fingerprint density at radius 3 is 2.00 bits per heavy atom. The van der Waals surface area contributed by atoms with Crippen LogP contribution in [-0.2, 0) is 17.1 Å². The van der Waals surface area contributed by atoms with Gasteiger partial charge in [0.15, 0.2) is 0 Å². The molecule has 2 aromatic carbocycles. The molecule has 23 heavy (non-hydrogen) atoms. The molecular formula is C19H24N2OS. The zero-order valence-corrected chi connectivity index (χ0v) is 14.8. The molecule has 4 heteroatoms. The van der Waals surface area contributed by atoms with E-state index in [0.29, 0.717) is 6.54 Å². The molecule has 1 unspecified atom stereocenters. The van der Waals surface area contributed by atoms with Gasteiger partial charge in [-0.05, 0) is 18.1 Å². The Kier molecular flexibility index (Phi) is 6.68. The smallest absolute Gasteiger partial charge is 0.249 e. The Hall–Kier alpha value is -1.78. The lowest BCUT2D eigenvalue weighted by molar-refractivity contribution is -0.145. The summed E-state index contributed by atoms with van der Waals surface area (Å²) in [5, 5.41) is 3.59. The largest absolute Gasteiger partial charge is 0.272 e. The number of thioether (sulfide) groups is 1. The number of rotatable bonds is 7. The molecule has 0 aliphatic rings. The van der Waals surface area contributed by atoms with E-state index in [1.807, 2.05) is 74.6 Å². The van der Waals surface area contributed by atoms with E-state index in [1.165, 1.54) is 5.56 Å². The average Bonchev–Trinajstić information content (AvgIpc) is 2.58. The minimum Gasteiger partial charge on any atom is -0.272 e. The third-order valence-electron chi connectivity index (χ3n) is 3.60. The summed E-state index contributed by atoms with van der Waals surface area (Å²) >= 11 is 1.68. The molecule has 0 aliphatic heterocycles. The van der Waals surface area contributed by atoms with Crippen molar-refractivity contribution < 1.29 is 4.79 Å². The third-order valence-corrected chi connectivity index (χ3v) is 4.80. The van der Waals surface area contributed by atoms with Crippen LogP contribution in [0, 0.1) is 0 Å². The first-order chi connectivity index (χ1) is 11.1. The number of hydrogen-bond donors (Lipinski definition) is 0. The summed E-state index contributed by atoms with van der Waals surface area (Å²) in [5.74, 6) is 0.986. The Morgan fingerprint density at radius 2 is 1.48 bits per heavy atom. The van der Waals surface area contributed by atoms with E-state index < -0.39 is 0 Å². The fourth-order valence-electron chi connectivity index (χ4n) is 2.25. The van der Waals surface area contributed by atoms with Crippen molar-refractivity contribution in [2.75, 3.05) is 14.1 Å². The summed E-state index contributed by atoms with van der Waals surface area (Å²) in [7, 11) is 3.82. The van der Waals surface area contributed by atoms with Gasteiger partial charge in [0.05, 0.1) is 11.8 Å². The van der Waals surface area contributed by atoms with E-state index in [4.69, 9.17) is 0 Å². The van der Waals surface area contributed by atoms with Gasteiger partial charge in [0.1, 0.15) is 0 Å². The van der Waals surface area contributed by atoms with Crippen LogP contribution in [0.1, 0.15) is 18.1 Å². The molecule has 0 spiro atoms. The van der Waals surface area contributed by atoms with Crippen molar-refractivity contribution >= 4 is 17.7 Å². The monoisotopic (exact) mass is 328 g/mol. The number of carbonyl (C=O) groups excluding carboxylic acids is 1. The molecule has 0 aliphatic carbocycles. The molecule has 0 heterocycles. The Bertz CT molecular complexity index is 601. The Morgan fingerprint density at radius 1 is 0.957 bits per heavy atom. The van der Waals surface area contributed by atoms with Gasteiger partial charge in [0.25, 0.3) is 0 Å². The maximum atomic E-state index is 12.8. The van der Waals surface area contributed by atoms with Crippen molar-refractivity contribution in [3.8, 4) is 0 Å². The minimum absolute atomic E-state index is 0.0821. The van der Waals surface area contributed by atoms with Gasteiger partial charge < -0.3 is 0 Å². The number of amides is 1. The van der Waals surface area contributed by atoms with Crippen LogP contribution in [0.15, 0.2) is 60.7 Å². The van der Waals surface area contributed by atoms with Gasteiger partial charge >= 0.3 is 0 Å². The maximum Gasteiger partial charge on any atom is 0.249 e. The van der Waals surface area contributed by atoms with Gasteiger partial charge in [0.2, 0.25) is 5.91 Å². The van der Waals surface area contributed by atoms with Crippen LogP contribution < -0.4 is 0 Å². The highest BCUT2D eigenvalue weighted by molar-refractivity contribution is 7.99. The van der Waals surface area contributed by atoms with Crippen LogP contribution in [0.5, 0.6) is 0 Å². The molecule has 2 rings (SSSR count). The summed E-state index contributed by atoms with van der Waals surface area (Å²) < 4.78 is 0. The van der Waals surface area contributed by atoms with E-state index in [0.717, 1.165) is 11.3 Å².